The van der Waals surface area contributed by atoms with Crippen LogP contribution in [0.2, 0.25) is 10.0 Å². The predicted octanol–water partition coefficient (Wildman–Crippen LogP) is 6.55. The van der Waals surface area contributed by atoms with Crippen molar-refractivity contribution >= 4 is 63.2 Å². The molecule has 1 amide bonds. The van der Waals surface area contributed by atoms with Crippen LogP contribution in [0.5, 0.6) is 5.75 Å². The van der Waals surface area contributed by atoms with Crippen LogP contribution >= 0.6 is 35.4 Å². The van der Waals surface area contributed by atoms with Gasteiger partial charge in [-0.1, -0.05) is 40.4 Å². The Morgan fingerprint density at radius 1 is 1.06 bits per heavy atom. The van der Waals surface area contributed by atoms with Crippen LogP contribution in [0.25, 0.3) is 22.6 Å². The summed E-state index contributed by atoms with van der Waals surface area (Å²) in [5.41, 5.74) is 5.29. The maximum atomic E-state index is 12.7. The standard InChI is InChI=1S/C24H19Cl2N3O3S/c1-12-6-13(2)8-14(7-12)23-28-19-11-16(4-5-20(19)32-23)27-24(33)29-22(30)17-9-15(25)10-18(26)21(17)31-3/h4-11H,1-3H3,(H2,27,29,30,33). The van der Waals surface area contributed by atoms with Crippen LogP contribution in [0, 0.1) is 13.8 Å². The van der Waals surface area contributed by atoms with E-state index in [4.69, 9.17) is 44.6 Å². The molecule has 9 heteroatoms. The number of hydrogen-bond donors (Lipinski definition) is 2. The first-order valence-electron chi connectivity index (χ1n) is 9.88. The molecular formula is C24H19Cl2N3O3S. The quantitative estimate of drug-likeness (QED) is 0.310. The number of rotatable bonds is 4. The SMILES string of the molecule is COc1c(Cl)cc(Cl)cc1C(=O)NC(=S)Nc1ccc2oc(-c3cc(C)cc(C)c3)nc2c1. The van der Waals surface area contributed by atoms with E-state index in [-0.39, 0.29) is 21.4 Å². The highest BCUT2D eigenvalue weighted by molar-refractivity contribution is 7.80. The predicted molar refractivity (Wildman–Crippen MR) is 136 cm³/mol. The Bertz CT molecular complexity index is 1380. The van der Waals surface area contributed by atoms with E-state index in [1.54, 1.807) is 18.2 Å². The van der Waals surface area contributed by atoms with E-state index in [0.717, 1.165) is 16.7 Å². The van der Waals surface area contributed by atoms with Crippen LogP contribution in [0.4, 0.5) is 5.69 Å². The lowest BCUT2D eigenvalue weighted by atomic mass is 10.1. The van der Waals surface area contributed by atoms with Crippen LogP contribution < -0.4 is 15.4 Å². The lowest BCUT2D eigenvalue weighted by Gasteiger charge is -2.13. The summed E-state index contributed by atoms with van der Waals surface area (Å²) >= 11 is 17.4. The number of nitrogens with zero attached hydrogens (tertiary/aromatic N) is 1. The lowest BCUT2D eigenvalue weighted by Crippen LogP contribution is -2.34. The number of hydrogen-bond acceptors (Lipinski definition) is 5. The Balaban J connectivity index is 1.52. The molecule has 0 aliphatic carbocycles. The summed E-state index contributed by atoms with van der Waals surface area (Å²) in [5, 5.41) is 6.21. The Hall–Kier alpha value is -3.13. The van der Waals surface area contributed by atoms with Crippen molar-refractivity contribution in [2.45, 2.75) is 13.8 Å². The van der Waals surface area contributed by atoms with Crippen LogP contribution in [0.15, 0.2) is 52.9 Å². The number of aryl methyl sites for hydroxylation is 2. The van der Waals surface area contributed by atoms with E-state index < -0.39 is 5.91 Å². The summed E-state index contributed by atoms with van der Waals surface area (Å²) in [5.74, 6) is 0.243. The highest BCUT2D eigenvalue weighted by Crippen LogP contribution is 2.32. The number of ether oxygens (including phenoxy) is 1. The molecule has 2 N–H and O–H groups in total. The van der Waals surface area contributed by atoms with Gasteiger partial charge in [0.1, 0.15) is 11.3 Å². The van der Waals surface area contributed by atoms with Gasteiger partial charge in [0.2, 0.25) is 5.89 Å². The van der Waals surface area contributed by atoms with Gasteiger partial charge in [0.05, 0.1) is 17.7 Å². The van der Waals surface area contributed by atoms with Crippen molar-refractivity contribution in [1.82, 2.24) is 10.3 Å². The fourth-order valence-corrected chi connectivity index (χ4v) is 4.28. The molecule has 0 spiro atoms. The van der Waals surface area contributed by atoms with Crippen molar-refractivity contribution in [3.8, 4) is 17.2 Å². The minimum atomic E-state index is -0.506. The molecule has 4 rings (SSSR count). The zero-order valence-corrected chi connectivity index (χ0v) is 20.3. The van der Waals surface area contributed by atoms with Crippen molar-refractivity contribution in [3.05, 3.63) is 75.3 Å². The third-order valence-electron chi connectivity index (χ3n) is 4.80. The molecule has 0 saturated heterocycles. The third-order valence-corrected chi connectivity index (χ3v) is 5.50. The number of halogens is 2. The fraction of sp³-hybridized carbons (Fsp3) is 0.125. The largest absolute Gasteiger partial charge is 0.494 e. The van der Waals surface area contributed by atoms with Gasteiger partial charge in [-0.05, 0) is 68.5 Å². The number of methoxy groups -OCH3 is 1. The van der Waals surface area contributed by atoms with Crippen molar-refractivity contribution in [2.24, 2.45) is 0 Å². The maximum absolute atomic E-state index is 12.7. The number of amides is 1. The van der Waals surface area contributed by atoms with E-state index in [0.29, 0.717) is 27.7 Å². The second-order valence-corrected chi connectivity index (χ2v) is 8.71. The molecule has 168 valence electrons. The van der Waals surface area contributed by atoms with Gasteiger partial charge in [0, 0.05) is 16.3 Å². The molecule has 1 aromatic heterocycles. The zero-order chi connectivity index (χ0) is 23.7. The van der Waals surface area contributed by atoms with E-state index in [1.165, 1.54) is 19.2 Å². The van der Waals surface area contributed by atoms with Gasteiger partial charge < -0.3 is 14.5 Å². The minimum absolute atomic E-state index is 0.0931. The molecule has 0 radical (unpaired) electrons. The Morgan fingerprint density at radius 3 is 2.48 bits per heavy atom. The summed E-state index contributed by atoms with van der Waals surface area (Å²) in [6, 6.07) is 14.5. The highest BCUT2D eigenvalue weighted by atomic mass is 35.5. The Morgan fingerprint density at radius 2 is 1.79 bits per heavy atom. The maximum Gasteiger partial charge on any atom is 0.261 e. The van der Waals surface area contributed by atoms with Gasteiger partial charge >= 0.3 is 0 Å². The van der Waals surface area contributed by atoms with Gasteiger partial charge in [-0.3, -0.25) is 10.1 Å². The number of anilines is 1. The third kappa shape index (κ3) is 5.11. The molecule has 0 saturated carbocycles. The molecule has 3 aromatic carbocycles. The Labute approximate surface area is 205 Å². The van der Waals surface area contributed by atoms with Crippen LogP contribution in [0.1, 0.15) is 21.5 Å². The Kier molecular flexibility index (Phi) is 6.56. The molecule has 33 heavy (non-hydrogen) atoms. The first-order valence-corrected chi connectivity index (χ1v) is 11.0. The van der Waals surface area contributed by atoms with Gasteiger partial charge in [0.25, 0.3) is 5.91 Å². The van der Waals surface area contributed by atoms with Gasteiger partial charge in [0.15, 0.2) is 10.7 Å². The summed E-state index contributed by atoms with van der Waals surface area (Å²) in [7, 11) is 1.42. The number of carbonyl (C=O) groups is 1. The molecule has 0 atom stereocenters. The monoisotopic (exact) mass is 499 g/mol. The van der Waals surface area contributed by atoms with Crippen LogP contribution in [-0.4, -0.2) is 23.1 Å². The first kappa shape index (κ1) is 23.0. The molecule has 1 heterocycles. The molecule has 0 aliphatic rings. The number of benzene rings is 3. The van der Waals surface area contributed by atoms with Gasteiger partial charge in [-0.2, -0.15) is 0 Å². The summed E-state index contributed by atoms with van der Waals surface area (Å²) < 4.78 is 11.1. The zero-order valence-electron chi connectivity index (χ0n) is 18.0. The van der Waals surface area contributed by atoms with Crippen molar-refractivity contribution < 1.29 is 13.9 Å². The molecule has 0 fully saturated rings. The number of fused-ring (bicyclic) bond motifs is 1. The molecule has 0 bridgehead atoms. The van der Waals surface area contributed by atoms with Crippen molar-refractivity contribution in [3.63, 3.8) is 0 Å². The summed E-state index contributed by atoms with van der Waals surface area (Å²) in [6.45, 7) is 4.06. The number of oxazole rings is 1. The van der Waals surface area contributed by atoms with E-state index >= 15 is 0 Å². The van der Waals surface area contributed by atoms with Gasteiger partial charge in [-0.25, -0.2) is 4.98 Å². The minimum Gasteiger partial charge on any atom is -0.494 e. The normalized spacial score (nSPS) is 10.8. The second-order valence-electron chi connectivity index (χ2n) is 7.45. The lowest BCUT2D eigenvalue weighted by molar-refractivity contribution is 0.0974. The number of aromatic nitrogens is 1. The molecular weight excluding hydrogens is 481 g/mol. The average Bonchev–Trinajstić information content (AvgIpc) is 3.16. The number of carbonyl (C=O) groups excluding carboxylic acids is 1. The summed E-state index contributed by atoms with van der Waals surface area (Å²) in [4.78, 5) is 17.3. The number of nitrogens with one attached hydrogen (secondary N) is 2. The van der Waals surface area contributed by atoms with Crippen molar-refractivity contribution in [2.75, 3.05) is 12.4 Å². The van der Waals surface area contributed by atoms with Crippen LogP contribution in [-0.2, 0) is 0 Å². The smallest absolute Gasteiger partial charge is 0.261 e. The van der Waals surface area contributed by atoms with E-state index in [2.05, 4.69) is 21.7 Å². The van der Waals surface area contributed by atoms with Gasteiger partial charge in [-0.15, -0.1) is 0 Å². The molecule has 6 nitrogen and oxygen atoms in total. The highest BCUT2D eigenvalue weighted by Gasteiger charge is 2.18. The van der Waals surface area contributed by atoms with Crippen LogP contribution in [0.3, 0.4) is 0 Å². The molecule has 0 unspecified atom stereocenters. The molecule has 4 aromatic rings. The van der Waals surface area contributed by atoms with E-state index in [1.807, 2.05) is 26.0 Å². The topological polar surface area (TPSA) is 76.4 Å². The summed E-state index contributed by atoms with van der Waals surface area (Å²) in [6.07, 6.45) is 0. The van der Waals surface area contributed by atoms with E-state index in [9.17, 15) is 4.79 Å². The number of thiocarbonyl (C=S) groups is 1. The second kappa shape index (κ2) is 9.39. The fourth-order valence-electron chi connectivity index (χ4n) is 3.50. The average molecular weight is 500 g/mol. The molecule has 0 aliphatic heterocycles. The first-order chi connectivity index (χ1) is 15.7. The van der Waals surface area contributed by atoms with Crippen molar-refractivity contribution in [1.29, 1.82) is 0 Å².